The third-order valence-corrected chi connectivity index (χ3v) is 6.57. The predicted molar refractivity (Wildman–Crippen MR) is 122 cm³/mol. The van der Waals surface area contributed by atoms with E-state index in [0.29, 0.717) is 40.3 Å². The van der Waals surface area contributed by atoms with Crippen LogP contribution in [0.15, 0.2) is 48.5 Å². The minimum Gasteiger partial charge on any atom is -0.322 e. The van der Waals surface area contributed by atoms with Crippen LogP contribution in [0.3, 0.4) is 0 Å². The Balaban J connectivity index is 1.91. The van der Waals surface area contributed by atoms with E-state index in [2.05, 4.69) is 10.0 Å². The van der Waals surface area contributed by atoms with E-state index in [0.717, 1.165) is 5.69 Å². The number of amides is 1. The van der Waals surface area contributed by atoms with Gasteiger partial charge in [0.25, 0.3) is 5.91 Å². The van der Waals surface area contributed by atoms with Crippen molar-refractivity contribution in [1.29, 1.82) is 0 Å². The molecule has 1 aromatic heterocycles. The molecule has 2 N–H and O–H groups in total. The molecule has 1 heterocycles. The van der Waals surface area contributed by atoms with Gasteiger partial charge in [0.2, 0.25) is 10.0 Å². The first-order valence-corrected chi connectivity index (χ1v) is 11.6. The van der Waals surface area contributed by atoms with Crippen molar-refractivity contribution in [3.8, 4) is 5.69 Å². The van der Waals surface area contributed by atoms with Crippen LogP contribution in [-0.4, -0.2) is 24.6 Å². The van der Waals surface area contributed by atoms with Crippen molar-refractivity contribution < 1.29 is 17.6 Å². The molecule has 2 aromatic carbocycles. The molecule has 164 valence electrons. The zero-order valence-corrected chi connectivity index (χ0v) is 18.8. The number of hydrogen-bond donors (Lipinski definition) is 2. The second-order valence-corrected chi connectivity index (χ2v) is 9.27. The zero-order chi connectivity index (χ0) is 22.8. The first kappa shape index (κ1) is 22.6. The average Bonchev–Trinajstić information content (AvgIpc) is 2.99. The number of rotatable bonds is 7. The van der Waals surface area contributed by atoms with Crippen LogP contribution >= 0.6 is 0 Å². The molecule has 8 heteroatoms. The molecule has 0 aliphatic carbocycles. The Bertz CT molecular complexity index is 1230. The molecule has 31 heavy (non-hydrogen) atoms. The van der Waals surface area contributed by atoms with Crippen LogP contribution in [0.2, 0.25) is 0 Å². The van der Waals surface area contributed by atoms with E-state index in [1.54, 1.807) is 67.8 Å². The first-order chi connectivity index (χ1) is 14.6. The molecule has 3 aromatic rings. The van der Waals surface area contributed by atoms with Gasteiger partial charge in [0, 0.05) is 17.1 Å². The summed E-state index contributed by atoms with van der Waals surface area (Å²) in [5.74, 6) is -0.711. The van der Waals surface area contributed by atoms with E-state index in [1.807, 2.05) is 6.92 Å². The van der Waals surface area contributed by atoms with Gasteiger partial charge in [0.05, 0.1) is 22.7 Å². The molecular formula is C23H26FN3O3S. The number of carbonyl (C=O) groups is 1. The van der Waals surface area contributed by atoms with Crippen LogP contribution in [0.25, 0.3) is 5.69 Å². The Morgan fingerprint density at radius 3 is 2.39 bits per heavy atom. The number of anilines is 2. The van der Waals surface area contributed by atoms with Gasteiger partial charge in [-0.1, -0.05) is 25.1 Å². The SMILES string of the molecule is CCCS(=O)(=O)Nc1cccc(NC(=O)c2cc(C)n(-c3ccccc3F)c2C)c1C. The molecule has 0 radical (unpaired) electrons. The largest absolute Gasteiger partial charge is 0.322 e. The summed E-state index contributed by atoms with van der Waals surface area (Å²) in [7, 11) is -3.45. The number of carbonyl (C=O) groups excluding carboxylic acids is 1. The topological polar surface area (TPSA) is 80.2 Å². The zero-order valence-electron chi connectivity index (χ0n) is 18.0. The molecular weight excluding hydrogens is 417 g/mol. The van der Waals surface area contributed by atoms with Crippen LogP contribution in [0.5, 0.6) is 0 Å². The average molecular weight is 444 g/mol. The number of sulfonamides is 1. The van der Waals surface area contributed by atoms with Crippen molar-refractivity contribution in [3.05, 3.63) is 76.9 Å². The molecule has 0 atom stereocenters. The van der Waals surface area contributed by atoms with Gasteiger partial charge in [-0.15, -0.1) is 0 Å². The van der Waals surface area contributed by atoms with Gasteiger partial charge < -0.3 is 9.88 Å². The predicted octanol–water partition coefficient (Wildman–Crippen LogP) is 4.95. The Morgan fingerprint density at radius 1 is 1.03 bits per heavy atom. The van der Waals surface area contributed by atoms with Gasteiger partial charge in [-0.05, 0) is 63.1 Å². The molecule has 0 aliphatic rings. The highest BCUT2D eigenvalue weighted by Crippen LogP contribution is 2.27. The minimum absolute atomic E-state index is 0.0189. The fourth-order valence-corrected chi connectivity index (χ4v) is 4.75. The van der Waals surface area contributed by atoms with Crippen LogP contribution in [-0.2, 0) is 10.0 Å². The highest BCUT2D eigenvalue weighted by atomic mass is 32.2. The summed E-state index contributed by atoms with van der Waals surface area (Å²) in [6.45, 7) is 7.10. The second kappa shape index (κ2) is 8.93. The van der Waals surface area contributed by atoms with E-state index >= 15 is 0 Å². The monoisotopic (exact) mass is 443 g/mol. The molecule has 0 saturated carbocycles. The van der Waals surface area contributed by atoms with Crippen molar-refractivity contribution in [3.63, 3.8) is 0 Å². The maximum absolute atomic E-state index is 14.3. The standard InChI is InChI=1S/C23H26FN3O3S/c1-5-13-31(29,30)26-21-11-8-10-20(16(21)3)25-23(28)18-14-15(2)27(17(18)4)22-12-7-6-9-19(22)24/h6-12,14,26H,5,13H2,1-4H3,(H,25,28). The van der Waals surface area contributed by atoms with Crippen molar-refractivity contribution in [2.24, 2.45) is 0 Å². The molecule has 3 rings (SSSR count). The van der Waals surface area contributed by atoms with E-state index in [9.17, 15) is 17.6 Å². The lowest BCUT2D eigenvalue weighted by Gasteiger charge is -2.14. The smallest absolute Gasteiger partial charge is 0.257 e. The Hall–Kier alpha value is -3.13. The van der Waals surface area contributed by atoms with Crippen molar-refractivity contribution in [1.82, 2.24) is 4.57 Å². The van der Waals surface area contributed by atoms with Crippen molar-refractivity contribution in [2.45, 2.75) is 34.1 Å². The van der Waals surface area contributed by atoms with Gasteiger partial charge in [-0.3, -0.25) is 9.52 Å². The van der Waals surface area contributed by atoms with Gasteiger partial charge >= 0.3 is 0 Å². The summed E-state index contributed by atoms with van der Waals surface area (Å²) >= 11 is 0. The summed E-state index contributed by atoms with van der Waals surface area (Å²) in [4.78, 5) is 13.0. The summed E-state index contributed by atoms with van der Waals surface area (Å²) in [6, 6.07) is 13.1. The highest BCUT2D eigenvalue weighted by Gasteiger charge is 2.20. The molecule has 6 nitrogen and oxygen atoms in total. The van der Waals surface area contributed by atoms with E-state index < -0.39 is 10.0 Å². The van der Waals surface area contributed by atoms with Crippen LogP contribution in [0.1, 0.15) is 40.7 Å². The molecule has 1 amide bonds. The Kier molecular flexibility index (Phi) is 6.50. The highest BCUT2D eigenvalue weighted by molar-refractivity contribution is 7.92. The van der Waals surface area contributed by atoms with Gasteiger partial charge in [0.1, 0.15) is 5.82 Å². The van der Waals surface area contributed by atoms with Crippen molar-refractivity contribution >= 4 is 27.3 Å². The molecule has 0 unspecified atom stereocenters. The fourth-order valence-electron chi connectivity index (χ4n) is 3.56. The fraction of sp³-hybridized carbons (Fsp3) is 0.261. The summed E-state index contributed by atoms with van der Waals surface area (Å²) in [6.07, 6.45) is 0.502. The molecule has 0 bridgehead atoms. The van der Waals surface area contributed by atoms with Gasteiger partial charge in [0.15, 0.2) is 0 Å². The minimum atomic E-state index is -3.45. The number of benzene rings is 2. The first-order valence-electron chi connectivity index (χ1n) is 10.00. The molecule has 0 saturated heterocycles. The second-order valence-electron chi connectivity index (χ2n) is 7.42. The number of nitrogens with zero attached hydrogens (tertiary/aromatic N) is 1. The maximum atomic E-state index is 14.3. The quantitative estimate of drug-likeness (QED) is 0.542. The van der Waals surface area contributed by atoms with E-state index in [-0.39, 0.29) is 17.5 Å². The normalized spacial score (nSPS) is 11.4. The Morgan fingerprint density at radius 2 is 1.71 bits per heavy atom. The number of para-hydroxylation sites is 1. The lowest BCUT2D eigenvalue weighted by Crippen LogP contribution is -2.18. The lowest BCUT2D eigenvalue weighted by molar-refractivity contribution is 0.102. The molecule has 0 spiro atoms. The third-order valence-electron chi connectivity index (χ3n) is 5.09. The summed E-state index contributed by atoms with van der Waals surface area (Å²) < 4.78 is 42.8. The van der Waals surface area contributed by atoms with Crippen molar-refractivity contribution in [2.75, 3.05) is 15.8 Å². The van der Waals surface area contributed by atoms with E-state index in [1.165, 1.54) is 6.07 Å². The number of nitrogens with one attached hydrogen (secondary N) is 2. The molecule has 0 fully saturated rings. The van der Waals surface area contributed by atoms with Crippen LogP contribution in [0.4, 0.5) is 15.8 Å². The van der Waals surface area contributed by atoms with E-state index in [4.69, 9.17) is 0 Å². The number of aryl methyl sites for hydroxylation is 1. The summed E-state index contributed by atoms with van der Waals surface area (Å²) in [5.41, 5.74) is 3.65. The third kappa shape index (κ3) is 4.80. The summed E-state index contributed by atoms with van der Waals surface area (Å²) in [5, 5.41) is 2.85. The molecule has 0 aliphatic heterocycles. The lowest BCUT2D eigenvalue weighted by atomic mass is 10.1. The van der Waals surface area contributed by atoms with Gasteiger partial charge in [-0.25, -0.2) is 12.8 Å². The number of aromatic nitrogens is 1. The number of halogens is 1. The van der Waals surface area contributed by atoms with Gasteiger partial charge in [-0.2, -0.15) is 0 Å². The van der Waals surface area contributed by atoms with Crippen LogP contribution < -0.4 is 10.0 Å². The Labute approximate surface area is 182 Å². The number of hydrogen-bond acceptors (Lipinski definition) is 3. The van der Waals surface area contributed by atoms with Crippen LogP contribution in [0, 0.1) is 26.6 Å². The maximum Gasteiger partial charge on any atom is 0.257 e.